The third-order valence-electron chi connectivity index (χ3n) is 2.69. The Morgan fingerprint density at radius 1 is 1.32 bits per heavy atom. The van der Waals surface area contributed by atoms with Gasteiger partial charge in [-0.15, -0.1) is 10.2 Å². The van der Waals surface area contributed by atoms with Crippen LogP contribution in [0.2, 0.25) is 0 Å². The molecular weight excluding hydrogens is 370 g/mol. The Hall–Kier alpha value is -1.09. The molecule has 1 aromatic heterocycles. The van der Waals surface area contributed by atoms with Crippen LogP contribution in [0, 0.1) is 0 Å². The van der Waals surface area contributed by atoms with E-state index in [0.29, 0.717) is 19.0 Å². The maximum Gasteiger partial charge on any atom is 0.190 e. The predicted octanol–water partition coefficient (Wildman–Crippen LogP) is 2.13. The van der Waals surface area contributed by atoms with Crippen molar-refractivity contribution < 1.29 is 14.6 Å². The lowest BCUT2D eigenvalue weighted by Gasteiger charge is -2.11. The van der Waals surface area contributed by atoms with Gasteiger partial charge < -0.3 is 19.1 Å². The molecule has 0 amide bonds. The first-order chi connectivity index (χ1) is 10.6. The van der Waals surface area contributed by atoms with Gasteiger partial charge in [0.15, 0.2) is 5.16 Å². The molecule has 1 heterocycles. The number of aromatic nitrogens is 3. The second-order valence-electron chi connectivity index (χ2n) is 4.57. The van der Waals surface area contributed by atoms with E-state index in [1.54, 1.807) is 6.33 Å². The van der Waals surface area contributed by atoms with Crippen LogP contribution in [0.4, 0.5) is 0 Å². The number of aliphatic hydroxyl groups excluding tert-OH is 1. The average Bonchev–Trinajstić information content (AvgIpc) is 2.92. The molecule has 2 aromatic rings. The molecule has 0 radical (unpaired) electrons. The Labute approximate surface area is 142 Å². The maximum absolute atomic E-state index is 9.84. The average molecular weight is 388 g/mol. The van der Waals surface area contributed by atoms with Gasteiger partial charge in [-0.3, -0.25) is 0 Å². The van der Waals surface area contributed by atoms with Gasteiger partial charge in [0.2, 0.25) is 0 Å². The van der Waals surface area contributed by atoms with E-state index in [1.807, 2.05) is 35.9 Å². The van der Waals surface area contributed by atoms with Gasteiger partial charge in [-0.1, -0.05) is 27.7 Å². The fourth-order valence-corrected chi connectivity index (χ4v) is 2.65. The third-order valence-corrected chi connectivity index (χ3v) is 4.40. The molecule has 6 nitrogen and oxygen atoms in total. The van der Waals surface area contributed by atoms with Gasteiger partial charge in [0.25, 0.3) is 0 Å². The van der Waals surface area contributed by atoms with Crippen molar-refractivity contribution in [3.8, 4) is 5.75 Å². The van der Waals surface area contributed by atoms with Crippen LogP contribution >= 0.6 is 27.7 Å². The number of aryl methyl sites for hydroxylation is 1. The summed E-state index contributed by atoms with van der Waals surface area (Å²) in [6.45, 7) is 1.15. The van der Waals surface area contributed by atoms with Crippen LogP contribution in [-0.4, -0.2) is 51.5 Å². The van der Waals surface area contributed by atoms with Crippen LogP contribution in [0.3, 0.4) is 0 Å². The number of thioether (sulfide) groups is 1. The summed E-state index contributed by atoms with van der Waals surface area (Å²) in [4.78, 5) is 0. The van der Waals surface area contributed by atoms with Crippen LogP contribution in [-0.2, 0) is 11.8 Å². The normalized spacial score (nSPS) is 12.3. The second kappa shape index (κ2) is 9.14. The molecule has 0 saturated heterocycles. The summed E-state index contributed by atoms with van der Waals surface area (Å²) in [6.07, 6.45) is 1.08. The Morgan fingerprint density at radius 3 is 2.77 bits per heavy atom. The van der Waals surface area contributed by atoms with Gasteiger partial charge >= 0.3 is 0 Å². The van der Waals surface area contributed by atoms with Gasteiger partial charge in [-0.05, 0) is 24.3 Å². The summed E-state index contributed by atoms with van der Waals surface area (Å²) >= 11 is 4.82. The van der Waals surface area contributed by atoms with Crippen molar-refractivity contribution in [3.05, 3.63) is 35.1 Å². The van der Waals surface area contributed by atoms with E-state index in [9.17, 15) is 5.11 Å². The highest BCUT2D eigenvalue weighted by Gasteiger charge is 2.08. The fraction of sp³-hybridized carbons (Fsp3) is 0.429. The minimum atomic E-state index is -0.547. The number of hydrogen-bond acceptors (Lipinski definition) is 6. The van der Waals surface area contributed by atoms with Crippen molar-refractivity contribution in [2.45, 2.75) is 11.3 Å². The zero-order valence-corrected chi connectivity index (χ0v) is 14.6. The molecule has 0 fully saturated rings. The van der Waals surface area contributed by atoms with Gasteiger partial charge in [0, 0.05) is 17.3 Å². The predicted molar refractivity (Wildman–Crippen MR) is 88.2 cm³/mol. The van der Waals surface area contributed by atoms with E-state index in [0.717, 1.165) is 15.4 Å². The Bertz CT molecular complexity index is 565. The lowest BCUT2D eigenvalue weighted by molar-refractivity contribution is 0.0348. The molecule has 0 saturated carbocycles. The molecule has 22 heavy (non-hydrogen) atoms. The summed E-state index contributed by atoms with van der Waals surface area (Å²) in [7, 11) is 1.87. The number of rotatable bonds is 9. The first-order valence-corrected chi connectivity index (χ1v) is 8.54. The number of nitrogens with zero attached hydrogens (tertiary/aromatic N) is 3. The number of aliphatic hydroxyl groups is 1. The molecule has 1 N–H and O–H groups in total. The molecule has 0 aliphatic heterocycles. The standard InChI is InChI=1S/C14H18BrN3O3S/c1-18-10-16-17-14(18)22-9-12(19)8-20-6-7-21-13-4-2-11(15)3-5-13/h2-5,10,12,19H,6-9H2,1H3. The highest BCUT2D eigenvalue weighted by Crippen LogP contribution is 2.16. The first-order valence-electron chi connectivity index (χ1n) is 6.76. The number of halogens is 1. The minimum absolute atomic E-state index is 0.272. The lowest BCUT2D eigenvalue weighted by atomic mass is 10.3. The van der Waals surface area contributed by atoms with Crippen molar-refractivity contribution in [3.63, 3.8) is 0 Å². The van der Waals surface area contributed by atoms with E-state index in [-0.39, 0.29) is 6.61 Å². The van der Waals surface area contributed by atoms with Crippen molar-refractivity contribution >= 4 is 27.7 Å². The third kappa shape index (κ3) is 5.96. The molecule has 0 aliphatic rings. The van der Waals surface area contributed by atoms with Gasteiger partial charge in [0.05, 0.1) is 19.3 Å². The number of hydrogen-bond donors (Lipinski definition) is 1. The Kier molecular flexibility index (Phi) is 7.17. The minimum Gasteiger partial charge on any atom is -0.491 e. The Morgan fingerprint density at radius 2 is 2.09 bits per heavy atom. The fourth-order valence-electron chi connectivity index (χ4n) is 1.59. The van der Waals surface area contributed by atoms with Gasteiger partial charge in [-0.2, -0.15) is 0 Å². The van der Waals surface area contributed by atoms with E-state index in [1.165, 1.54) is 11.8 Å². The molecule has 1 aromatic carbocycles. The largest absolute Gasteiger partial charge is 0.491 e. The Balaban J connectivity index is 1.54. The van der Waals surface area contributed by atoms with Crippen LogP contribution in [0.1, 0.15) is 0 Å². The van der Waals surface area contributed by atoms with Crippen LogP contribution in [0.15, 0.2) is 40.2 Å². The van der Waals surface area contributed by atoms with Crippen molar-refractivity contribution in [1.82, 2.24) is 14.8 Å². The van der Waals surface area contributed by atoms with Crippen LogP contribution in [0.5, 0.6) is 5.75 Å². The van der Waals surface area contributed by atoms with E-state index >= 15 is 0 Å². The highest BCUT2D eigenvalue weighted by molar-refractivity contribution is 9.10. The van der Waals surface area contributed by atoms with Gasteiger partial charge in [-0.25, -0.2) is 0 Å². The summed E-state index contributed by atoms with van der Waals surface area (Å²) in [6, 6.07) is 7.61. The quantitative estimate of drug-likeness (QED) is 0.524. The zero-order chi connectivity index (χ0) is 15.8. The molecule has 120 valence electrons. The zero-order valence-electron chi connectivity index (χ0n) is 12.2. The molecule has 8 heteroatoms. The monoisotopic (exact) mass is 387 g/mol. The molecule has 1 unspecified atom stereocenters. The van der Waals surface area contributed by atoms with Gasteiger partial charge in [0.1, 0.15) is 18.7 Å². The molecule has 0 bridgehead atoms. The van der Waals surface area contributed by atoms with Crippen molar-refractivity contribution in [2.24, 2.45) is 7.05 Å². The van der Waals surface area contributed by atoms with Crippen LogP contribution < -0.4 is 4.74 Å². The molecule has 0 aliphatic carbocycles. The second-order valence-corrected chi connectivity index (χ2v) is 6.47. The summed E-state index contributed by atoms with van der Waals surface area (Å²) in [5.41, 5.74) is 0. The van der Waals surface area contributed by atoms with Crippen molar-refractivity contribution in [1.29, 1.82) is 0 Å². The molecular formula is C14H18BrN3O3S. The van der Waals surface area contributed by atoms with E-state index in [2.05, 4.69) is 26.1 Å². The summed E-state index contributed by atoms with van der Waals surface area (Å²) in [5, 5.41) is 18.3. The molecule has 2 rings (SSSR count). The maximum atomic E-state index is 9.84. The summed E-state index contributed by atoms with van der Waals surface area (Å²) < 4.78 is 13.7. The molecule has 1 atom stereocenters. The van der Waals surface area contributed by atoms with E-state index < -0.39 is 6.10 Å². The highest BCUT2D eigenvalue weighted by atomic mass is 79.9. The van der Waals surface area contributed by atoms with Crippen molar-refractivity contribution in [2.75, 3.05) is 25.6 Å². The summed E-state index contributed by atoms with van der Waals surface area (Å²) in [5.74, 6) is 1.31. The first kappa shape index (κ1) is 17.3. The number of ether oxygens (including phenoxy) is 2. The lowest BCUT2D eigenvalue weighted by Crippen LogP contribution is -2.20. The SMILES string of the molecule is Cn1cnnc1SCC(O)COCCOc1ccc(Br)cc1. The molecule has 0 spiro atoms. The van der Waals surface area contributed by atoms with E-state index in [4.69, 9.17) is 9.47 Å². The topological polar surface area (TPSA) is 69.4 Å². The number of benzene rings is 1. The smallest absolute Gasteiger partial charge is 0.190 e. The van der Waals surface area contributed by atoms with Crippen LogP contribution in [0.25, 0.3) is 0 Å².